The lowest BCUT2D eigenvalue weighted by atomic mass is 10.1. The first-order valence-corrected chi connectivity index (χ1v) is 4.82. The molecule has 0 aromatic heterocycles. The van der Waals surface area contributed by atoms with Gasteiger partial charge in [0.25, 0.3) is 0 Å². The number of benzene rings is 1. The van der Waals surface area contributed by atoms with Gasteiger partial charge in [0.2, 0.25) is 0 Å². The number of aromatic hydroxyl groups is 1. The van der Waals surface area contributed by atoms with Gasteiger partial charge >= 0.3 is 5.97 Å². The smallest absolute Gasteiger partial charge is 0.328 e. The van der Waals surface area contributed by atoms with Gasteiger partial charge in [0.15, 0.2) is 11.5 Å². The van der Waals surface area contributed by atoms with Gasteiger partial charge in [-0.25, -0.2) is 4.79 Å². The molecule has 5 heteroatoms. The Morgan fingerprint density at radius 1 is 1.53 bits per heavy atom. The van der Waals surface area contributed by atoms with E-state index >= 15 is 0 Å². The van der Waals surface area contributed by atoms with Gasteiger partial charge in [-0.3, -0.25) is 0 Å². The fraction of sp³-hybridized carbons (Fsp3) is 0.100. The van der Waals surface area contributed by atoms with Gasteiger partial charge in [-0.05, 0) is 18.2 Å². The zero-order valence-electron chi connectivity index (χ0n) is 7.90. The first kappa shape index (κ1) is 11.6. The Kier molecular flexibility index (Phi) is 3.74. The zero-order valence-corrected chi connectivity index (χ0v) is 9.48. The number of carboxylic acid groups (broad SMARTS) is 1. The van der Waals surface area contributed by atoms with E-state index in [1.807, 2.05) is 0 Å². The maximum absolute atomic E-state index is 10.3. The third-order valence-corrected chi connectivity index (χ3v) is 2.43. The summed E-state index contributed by atoms with van der Waals surface area (Å²) in [6.07, 6.45) is 2.24. The molecule has 0 radical (unpaired) electrons. The minimum atomic E-state index is -1.08. The number of aliphatic carboxylic acids is 1. The molecule has 0 saturated heterocycles. The summed E-state index contributed by atoms with van der Waals surface area (Å²) in [6, 6.07) is 3.25. The van der Waals surface area contributed by atoms with Crippen LogP contribution in [0.1, 0.15) is 5.56 Å². The standard InChI is InChI=1S/C10H9BrO4/c1-15-8-4-3-7(11)6(10(8)14)2-5-9(12)13/h2-5,14H,1H3,(H,12,13). The van der Waals surface area contributed by atoms with Crippen molar-refractivity contribution in [1.29, 1.82) is 0 Å². The summed E-state index contributed by atoms with van der Waals surface area (Å²) >= 11 is 3.20. The molecule has 0 spiro atoms. The molecule has 0 heterocycles. The Morgan fingerprint density at radius 3 is 2.73 bits per heavy atom. The fourth-order valence-corrected chi connectivity index (χ4v) is 1.49. The van der Waals surface area contributed by atoms with Gasteiger partial charge in [0.05, 0.1) is 7.11 Å². The number of carboxylic acids is 1. The predicted molar refractivity (Wildman–Crippen MR) is 59.0 cm³/mol. The van der Waals surface area contributed by atoms with Crippen molar-refractivity contribution in [2.24, 2.45) is 0 Å². The number of phenols is 1. The van der Waals surface area contributed by atoms with Crippen LogP contribution >= 0.6 is 15.9 Å². The summed E-state index contributed by atoms with van der Waals surface area (Å²) in [6.45, 7) is 0. The molecule has 0 fully saturated rings. The van der Waals surface area contributed by atoms with E-state index in [1.165, 1.54) is 13.2 Å². The Morgan fingerprint density at radius 2 is 2.20 bits per heavy atom. The van der Waals surface area contributed by atoms with E-state index in [1.54, 1.807) is 12.1 Å². The van der Waals surface area contributed by atoms with Crippen molar-refractivity contribution in [3.8, 4) is 11.5 Å². The lowest BCUT2D eigenvalue weighted by molar-refractivity contribution is -0.131. The maximum Gasteiger partial charge on any atom is 0.328 e. The van der Waals surface area contributed by atoms with Crippen molar-refractivity contribution < 1.29 is 19.7 Å². The van der Waals surface area contributed by atoms with Crippen molar-refractivity contribution in [1.82, 2.24) is 0 Å². The molecular formula is C10H9BrO4. The summed E-state index contributed by atoms with van der Waals surface area (Å²) in [5.41, 5.74) is 0.372. The molecule has 0 atom stereocenters. The zero-order chi connectivity index (χ0) is 11.4. The second-order valence-corrected chi connectivity index (χ2v) is 3.54. The molecule has 0 amide bonds. The van der Waals surface area contributed by atoms with Crippen molar-refractivity contribution in [2.45, 2.75) is 0 Å². The average molecular weight is 273 g/mol. The number of methoxy groups -OCH3 is 1. The lowest BCUT2D eigenvalue weighted by Crippen LogP contribution is -1.89. The quantitative estimate of drug-likeness (QED) is 0.829. The number of carbonyl (C=O) groups is 1. The highest BCUT2D eigenvalue weighted by molar-refractivity contribution is 9.10. The molecule has 0 bridgehead atoms. The van der Waals surface area contributed by atoms with E-state index < -0.39 is 5.97 Å². The van der Waals surface area contributed by atoms with Crippen LogP contribution in [0.25, 0.3) is 6.08 Å². The average Bonchev–Trinajstić information content (AvgIpc) is 2.17. The molecule has 0 aliphatic carbocycles. The summed E-state index contributed by atoms with van der Waals surface area (Å²) in [4.78, 5) is 10.3. The third-order valence-electron chi connectivity index (χ3n) is 1.74. The van der Waals surface area contributed by atoms with Crippen LogP contribution < -0.4 is 4.74 Å². The van der Waals surface area contributed by atoms with Crippen LogP contribution in [-0.4, -0.2) is 23.3 Å². The Labute approximate surface area is 94.9 Å². The summed E-state index contributed by atoms with van der Waals surface area (Å²) < 4.78 is 5.49. The van der Waals surface area contributed by atoms with Crippen molar-refractivity contribution >= 4 is 28.0 Å². The highest BCUT2D eigenvalue weighted by Crippen LogP contribution is 2.35. The SMILES string of the molecule is COc1ccc(Br)c(C=CC(=O)O)c1O. The Hall–Kier alpha value is -1.49. The molecule has 4 nitrogen and oxygen atoms in total. The molecule has 0 saturated carbocycles. The second-order valence-electron chi connectivity index (χ2n) is 2.68. The van der Waals surface area contributed by atoms with Crippen LogP contribution in [0.5, 0.6) is 11.5 Å². The minimum absolute atomic E-state index is 0.0932. The summed E-state index contributed by atoms with van der Waals surface area (Å²) in [5, 5.41) is 18.2. The van der Waals surface area contributed by atoms with Gasteiger partial charge < -0.3 is 14.9 Å². The van der Waals surface area contributed by atoms with Crippen molar-refractivity contribution in [2.75, 3.05) is 7.11 Å². The van der Waals surface area contributed by atoms with Crippen molar-refractivity contribution in [3.05, 3.63) is 28.2 Å². The van der Waals surface area contributed by atoms with Crippen LogP contribution in [0, 0.1) is 0 Å². The van der Waals surface area contributed by atoms with E-state index in [0.29, 0.717) is 15.8 Å². The monoisotopic (exact) mass is 272 g/mol. The molecule has 1 rings (SSSR count). The summed E-state index contributed by atoms with van der Waals surface area (Å²) in [5.74, 6) is -0.878. The van der Waals surface area contributed by atoms with E-state index in [-0.39, 0.29) is 5.75 Å². The van der Waals surface area contributed by atoms with Gasteiger partial charge in [0, 0.05) is 16.1 Å². The van der Waals surface area contributed by atoms with Gasteiger partial charge in [-0.1, -0.05) is 15.9 Å². The molecule has 1 aromatic carbocycles. The number of phenolic OH excluding ortho intramolecular Hbond substituents is 1. The molecule has 2 N–H and O–H groups in total. The highest BCUT2D eigenvalue weighted by Gasteiger charge is 2.09. The molecule has 15 heavy (non-hydrogen) atoms. The number of rotatable bonds is 3. The fourth-order valence-electron chi connectivity index (χ4n) is 1.04. The molecule has 0 aliphatic rings. The number of ether oxygens (including phenoxy) is 1. The first-order chi connectivity index (χ1) is 7.06. The first-order valence-electron chi connectivity index (χ1n) is 4.02. The highest BCUT2D eigenvalue weighted by atomic mass is 79.9. The normalized spacial score (nSPS) is 10.5. The van der Waals surface area contributed by atoms with Gasteiger partial charge in [-0.2, -0.15) is 0 Å². The molecular weight excluding hydrogens is 264 g/mol. The van der Waals surface area contributed by atoms with E-state index in [9.17, 15) is 9.90 Å². The van der Waals surface area contributed by atoms with E-state index in [0.717, 1.165) is 6.08 Å². The van der Waals surface area contributed by atoms with Crippen LogP contribution in [-0.2, 0) is 4.79 Å². The molecule has 80 valence electrons. The largest absolute Gasteiger partial charge is 0.504 e. The Balaban J connectivity index is 3.21. The second kappa shape index (κ2) is 4.84. The molecule has 0 unspecified atom stereocenters. The third kappa shape index (κ3) is 2.73. The van der Waals surface area contributed by atoms with Gasteiger partial charge in [0.1, 0.15) is 0 Å². The van der Waals surface area contributed by atoms with E-state index in [4.69, 9.17) is 9.84 Å². The number of hydrogen-bond donors (Lipinski definition) is 2. The van der Waals surface area contributed by atoms with Crippen molar-refractivity contribution in [3.63, 3.8) is 0 Å². The number of halogens is 1. The van der Waals surface area contributed by atoms with Crippen LogP contribution in [0.4, 0.5) is 0 Å². The topological polar surface area (TPSA) is 66.8 Å². The Bertz CT molecular complexity index is 412. The maximum atomic E-state index is 10.3. The summed E-state index contributed by atoms with van der Waals surface area (Å²) in [7, 11) is 1.42. The lowest BCUT2D eigenvalue weighted by Gasteiger charge is -2.07. The predicted octanol–water partition coefficient (Wildman–Crippen LogP) is 2.26. The number of hydrogen-bond acceptors (Lipinski definition) is 3. The van der Waals surface area contributed by atoms with E-state index in [2.05, 4.69) is 15.9 Å². The molecule has 1 aromatic rings. The van der Waals surface area contributed by atoms with Gasteiger partial charge in [-0.15, -0.1) is 0 Å². The minimum Gasteiger partial charge on any atom is -0.504 e. The van der Waals surface area contributed by atoms with Crippen LogP contribution in [0.3, 0.4) is 0 Å². The molecule has 0 aliphatic heterocycles. The van der Waals surface area contributed by atoms with Crippen LogP contribution in [0.2, 0.25) is 0 Å². The van der Waals surface area contributed by atoms with Crippen LogP contribution in [0.15, 0.2) is 22.7 Å².